The Balaban J connectivity index is 2.48. The molecule has 0 unspecified atom stereocenters. The first-order valence-electron chi connectivity index (χ1n) is 8.69. The second-order valence-corrected chi connectivity index (χ2v) is 6.43. The maximum Gasteiger partial charge on any atom is 0.00499 e. The second kappa shape index (κ2) is 9.77. The van der Waals surface area contributed by atoms with Crippen LogP contribution in [0.25, 0.3) is 0 Å². The van der Waals surface area contributed by atoms with Gasteiger partial charge in [-0.2, -0.15) is 0 Å². The number of nitrogens with one attached hydrogen (secondary N) is 1. The van der Waals surface area contributed by atoms with E-state index in [1.165, 1.54) is 84.1 Å². The maximum absolute atomic E-state index is 3.67. The molecule has 2 nitrogen and oxygen atoms in total. The van der Waals surface area contributed by atoms with Crippen LogP contribution in [-0.2, 0) is 0 Å². The van der Waals surface area contributed by atoms with Gasteiger partial charge in [-0.3, -0.25) is 0 Å². The lowest BCUT2D eigenvalue weighted by Gasteiger charge is -2.38. The molecule has 0 aliphatic carbocycles. The van der Waals surface area contributed by atoms with Gasteiger partial charge in [0.15, 0.2) is 0 Å². The molecule has 1 N–H and O–H groups in total. The molecule has 0 spiro atoms. The summed E-state index contributed by atoms with van der Waals surface area (Å²) in [5.74, 6) is 0. The van der Waals surface area contributed by atoms with Crippen molar-refractivity contribution in [1.29, 1.82) is 0 Å². The molecule has 1 aliphatic heterocycles. The lowest BCUT2D eigenvalue weighted by Crippen LogP contribution is -2.44. The predicted molar refractivity (Wildman–Crippen MR) is 85.7 cm³/mol. The number of hydrogen-bond donors (Lipinski definition) is 1. The van der Waals surface area contributed by atoms with E-state index in [1.54, 1.807) is 0 Å². The largest absolute Gasteiger partial charge is 0.316 e. The Hall–Kier alpha value is -0.0800. The highest BCUT2D eigenvalue weighted by molar-refractivity contribution is 4.83. The molecule has 1 heterocycles. The highest BCUT2D eigenvalue weighted by Crippen LogP contribution is 2.28. The summed E-state index contributed by atoms with van der Waals surface area (Å²) < 4.78 is 0. The molecule has 19 heavy (non-hydrogen) atoms. The van der Waals surface area contributed by atoms with Crippen LogP contribution in [0.5, 0.6) is 0 Å². The first kappa shape index (κ1) is 17.0. The summed E-state index contributed by atoms with van der Waals surface area (Å²) >= 11 is 0. The van der Waals surface area contributed by atoms with Gasteiger partial charge >= 0.3 is 0 Å². The molecule has 1 fully saturated rings. The fourth-order valence-electron chi connectivity index (χ4n) is 3.26. The summed E-state index contributed by atoms with van der Waals surface area (Å²) in [6, 6.07) is 0. The lowest BCUT2D eigenvalue weighted by atomic mass is 9.81. The van der Waals surface area contributed by atoms with Crippen molar-refractivity contribution in [2.45, 2.75) is 72.1 Å². The molecule has 114 valence electrons. The zero-order chi connectivity index (χ0) is 14.0. The van der Waals surface area contributed by atoms with Gasteiger partial charge in [0, 0.05) is 13.1 Å². The van der Waals surface area contributed by atoms with Crippen molar-refractivity contribution in [2.24, 2.45) is 5.41 Å². The Morgan fingerprint density at radius 1 is 0.895 bits per heavy atom. The Kier molecular flexibility index (Phi) is 8.72. The number of nitrogens with zero attached hydrogens (tertiary/aromatic N) is 1. The Morgan fingerprint density at radius 3 is 2.00 bits per heavy atom. The van der Waals surface area contributed by atoms with Crippen molar-refractivity contribution in [2.75, 3.05) is 32.7 Å². The van der Waals surface area contributed by atoms with Gasteiger partial charge in [0.25, 0.3) is 0 Å². The molecule has 2 heteroatoms. The Labute approximate surface area is 121 Å². The first-order valence-corrected chi connectivity index (χ1v) is 8.69. The summed E-state index contributed by atoms with van der Waals surface area (Å²) in [5.41, 5.74) is 0.494. The fourth-order valence-corrected chi connectivity index (χ4v) is 3.26. The topological polar surface area (TPSA) is 15.3 Å². The third-order valence-corrected chi connectivity index (χ3v) is 4.93. The molecule has 0 aromatic carbocycles. The molecule has 1 rings (SSSR count). The van der Waals surface area contributed by atoms with Crippen LogP contribution in [0, 0.1) is 5.41 Å². The smallest absolute Gasteiger partial charge is 0.00499 e. The Bertz CT molecular complexity index is 203. The third kappa shape index (κ3) is 6.27. The van der Waals surface area contributed by atoms with Crippen LogP contribution >= 0.6 is 0 Å². The first-order chi connectivity index (χ1) is 9.26. The van der Waals surface area contributed by atoms with Crippen molar-refractivity contribution in [3.8, 4) is 0 Å². The van der Waals surface area contributed by atoms with E-state index in [0.717, 1.165) is 0 Å². The second-order valence-electron chi connectivity index (χ2n) is 6.43. The number of rotatable bonds is 8. The summed E-state index contributed by atoms with van der Waals surface area (Å²) in [4.78, 5) is 2.75. The van der Waals surface area contributed by atoms with Crippen molar-refractivity contribution < 1.29 is 0 Å². The molecule has 1 aliphatic rings. The summed E-state index contributed by atoms with van der Waals surface area (Å²) in [6.07, 6.45) is 11.0. The van der Waals surface area contributed by atoms with E-state index in [1.807, 2.05) is 0 Å². The number of hydrogen-bond acceptors (Lipinski definition) is 2. The SMILES string of the molecule is CCCNCC(CC)(CC)CN1CCCCCCC1. The molecule has 0 radical (unpaired) electrons. The molecule has 0 aromatic rings. The van der Waals surface area contributed by atoms with Crippen LogP contribution < -0.4 is 5.32 Å². The van der Waals surface area contributed by atoms with Gasteiger partial charge in [0.2, 0.25) is 0 Å². The van der Waals surface area contributed by atoms with Crippen LogP contribution in [0.2, 0.25) is 0 Å². The van der Waals surface area contributed by atoms with Gasteiger partial charge in [0.05, 0.1) is 0 Å². The van der Waals surface area contributed by atoms with E-state index < -0.39 is 0 Å². The van der Waals surface area contributed by atoms with Gasteiger partial charge in [-0.1, -0.05) is 40.0 Å². The summed E-state index contributed by atoms with van der Waals surface area (Å²) in [7, 11) is 0. The van der Waals surface area contributed by atoms with Crippen LogP contribution in [0.4, 0.5) is 0 Å². The summed E-state index contributed by atoms with van der Waals surface area (Å²) in [5, 5.41) is 3.67. The zero-order valence-electron chi connectivity index (χ0n) is 13.6. The lowest BCUT2D eigenvalue weighted by molar-refractivity contribution is 0.126. The van der Waals surface area contributed by atoms with Crippen LogP contribution in [0.1, 0.15) is 72.1 Å². The van der Waals surface area contributed by atoms with E-state index in [-0.39, 0.29) is 0 Å². The summed E-state index contributed by atoms with van der Waals surface area (Å²) in [6.45, 7) is 13.3. The van der Waals surface area contributed by atoms with Gasteiger partial charge in [-0.05, 0) is 57.2 Å². The zero-order valence-corrected chi connectivity index (χ0v) is 13.6. The van der Waals surface area contributed by atoms with Gasteiger partial charge < -0.3 is 10.2 Å². The standard InChI is InChI=1S/C17H36N2/c1-4-12-18-15-17(5-2,6-3)16-19-13-10-8-7-9-11-14-19/h18H,4-16H2,1-3H3. The minimum atomic E-state index is 0.494. The molecule has 0 atom stereocenters. The quantitative estimate of drug-likeness (QED) is 0.668. The minimum Gasteiger partial charge on any atom is -0.316 e. The van der Waals surface area contributed by atoms with Crippen LogP contribution in [0.15, 0.2) is 0 Å². The fraction of sp³-hybridized carbons (Fsp3) is 1.00. The van der Waals surface area contributed by atoms with E-state index >= 15 is 0 Å². The minimum absolute atomic E-state index is 0.494. The van der Waals surface area contributed by atoms with Crippen molar-refractivity contribution in [1.82, 2.24) is 10.2 Å². The van der Waals surface area contributed by atoms with E-state index in [9.17, 15) is 0 Å². The highest BCUT2D eigenvalue weighted by Gasteiger charge is 2.28. The van der Waals surface area contributed by atoms with Gasteiger partial charge in [-0.25, -0.2) is 0 Å². The average molecular weight is 268 g/mol. The van der Waals surface area contributed by atoms with E-state index in [0.29, 0.717) is 5.41 Å². The van der Waals surface area contributed by atoms with E-state index in [4.69, 9.17) is 0 Å². The van der Waals surface area contributed by atoms with Gasteiger partial charge in [-0.15, -0.1) is 0 Å². The Morgan fingerprint density at radius 2 is 1.47 bits per heavy atom. The third-order valence-electron chi connectivity index (χ3n) is 4.93. The molecular weight excluding hydrogens is 232 g/mol. The van der Waals surface area contributed by atoms with Gasteiger partial charge in [0.1, 0.15) is 0 Å². The predicted octanol–water partition coefficient (Wildman–Crippen LogP) is 4.06. The van der Waals surface area contributed by atoms with Crippen molar-refractivity contribution in [3.63, 3.8) is 0 Å². The van der Waals surface area contributed by atoms with Crippen molar-refractivity contribution in [3.05, 3.63) is 0 Å². The molecule has 0 bridgehead atoms. The van der Waals surface area contributed by atoms with Crippen molar-refractivity contribution >= 4 is 0 Å². The normalized spacial score (nSPS) is 19.1. The monoisotopic (exact) mass is 268 g/mol. The van der Waals surface area contributed by atoms with E-state index in [2.05, 4.69) is 31.0 Å². The molecule has 1 saturated heterocycles. The van der Waals surface area contributed by atoms with Crippen LogP contribution in [-0.4, -0.2) is 37.6 Å². The molecule has 0 saturated carbocycles. The van der Waals surface area contributed by atoms with Crippen LogP contribution in [0.3, 0.4) is 0 Å². The molecule has 0 amide bonds. The average Bonchev–Trinajstić information content (AvgIpc) is 2.40. The maximum atomic E-state index is 3.67. The number of likely N-dealkylation sites (tertiary alicyclic amines) is 1. The molecular formula is C17H36N2. The molecule has 0 aromatic heterocycles. The highest BCUT2D eigenvalue weighted by atomic mass is 15.1.